The van der Waals surface area contributed by atoms with Crippen LogP contribution in [0.25, 0.3) is 0 Å². The molecule has 1 fully saturated rings. The molecule has 0 atom stereocenters. The lowest BCUT2D eigenvalue weighted by atomic mass is 10.0. The molecule has 4 nitrogen and oxygen atoms in total. The summed E-state index contributed by atoms with van der Waals surface area (Å²) in [5.74, 6) is -0.878. The number of nitrogens with zero attached hydrogens (tertiary/aromatic N) is 2. The number of rotatable bonds is 2. The molecule has 70 valence electrons. The monoisotopic (exact) mass is 180 g/mol. The van der Waals surface area contributed by atoms with Gasteiger partial charge < -0.3 is 5.11 Å². The van der Waals surface area contributed by atoms with Crippen LogP contribution in [0.2, 0.25) is 0 Å². The van der Waals surface area contributed by atoms with Gasteiger partial charge in [0.2, 0.25) is 0 Å². The lowest BCUT2D eigenvalue weighted by molar-refractivity contribution is 0.0695. The first kappa shape index (κ1) is 8.29. The summed E-state index contributed by atoms with van der Waals surface area (Å²) in [5, 5.41) is 13.1. The molecule has 1 aliphatic rings. The van der Waals surface area contributed by atoms with Gasteiger partial charge in [-0.15, -0.1) is 0 Å². The number of carboxylic acid groups (broad SMARTS) is 1. The van der Waals surface area contributed by atoms with Gasteiger partial charge in [0.1, 0.15) is 5.56 Å². The standard InChI is InChI=1S/C9H12N2O2/c1-9(3-4-9)7-6(8(12)13)5-11(2)10-7/h5H,3-4H2,1-2H3,(H,12,13). The lowest BCUT2D eigenvalue weighted by Crippen LogP contribution is -2.08. The minimum Gasteiger partial charge on any atom is -0.478 e. The SMILES string of the molecule is Cn1cc(C(=O)O)c(C2(C)CC2)n1. The maximum Gasteiger partial charge on any atom is 0.339 e. The molecule has 1 heterocycles. The molecule has 2 rings (SSSR count). The maximum atomic E-state index is 10.9. The first-order chi connectivity index (χ1) is 6.03. The van der Waals surface area contributed by atoms with E-state index < -0.39 is 5.97 Å². The smallest absolute Gasteiger partial charge is 0.339 e. The highest BCUT2D eigenvalue weighted by Gasteiger charge is 2.44. The number of carboxylic acids is 1. The minimum absolute atomic E-state index is 0.0228. The Morgan fingerprint density at radius 3 is 2.77 bits per heavy atom. The van der Waals surface area contributed by atoms with Gasteiger partial charge in [0.25, 0.3) is 0 Å². The van der Waals surface area contributed by atoms with Crippen molar-refractivity contribution in [3.05, 3.63) is 17.5 Å². The van der Waals surface area contributed by atoms with E-state index in [2.05, 4.69) is 12.0 Å². The zero-order valence-corrected chi connectivity index (χ0v) is 7.74. The topological polar surface area (TPSA) is 55.1 Å². The molecule has 1 aliphatic carbocycles. The van der Waals surface area contributed by atoms with Crippen molar-refractivity contribution in [2.24, 2.45) is 7.05 Å². The summed E-state index contributed by atoms with van der Waals surface area (Å²) in [7, 11) is 1.75. The van der Waals surface area contributed by atoms with Gasteiger partial charge in [0.05, 0.1) is 5.69 Å². The Kier molecular flexibility index (Phi) is 1.49. The van der Waals surface area contributed by atoms with Crippen LogP contribution < -0.4 is 0 Å². The second-order valence-electron chi connectivity index (χ2n) is 3.93. The summed E-state index contributed by atoms with van der Waals surface area (Å²) in [6.45, 7) is 2.06. The maximum absolute atomic E-state index is 10.9. The van der Waals surface area contributed by atoms with Gasteiger partial charge >= 0.3 is 5.97 Å². The summed E-state index contributed by atoms with van der Waals surface area (Å²) in [4.78, 5) is 10.9. The van der Waals surface area contributed by atoms with Gasteiger partial charge in [-0.05, 0) is 12.8 Å². The molecule has 0 aliphatic heterocycles. The Hall–Kier alpha value is -1.32. The quantitative estimate of drug-likeness (QED) is 0.743. The van der Waals surface area contributed by atoms with E-state index in [-0.39, 0.29) is 5.41 Å². The Morgan fingerprint density at radius 1 is 1.69 bits per heavy atom. The van der Waals surface area contributed by atoms with E-state index in [9.17, 15) is 4.79 Å². The van der Waals surface area contributed by atoms with Gasteiger partial charge in [-0.3, -0.25) is 4.68 Å². The van der Waals surface area contributed by atoms with E-state index >= 15 is 0 Å². The fraction of sp³-hybridized carbons (Fsp3) is 0.556. The fourth-order valence-corrected chi connectivity index (χ4v) is 1.52. The molecule has 0 spiro atoms. The number of hydrogen-bond donors (Lipinski definition) is 1. The molecule has 1 aromatic rings. The number of aromatic carboxylic acids is 1. The number of aryl methyl sites for hydroxylation is 1. The third-order valence-electron chi connectivity index (χ3n) is 2.63. The first-order valence-electron chi connectivity index (χ1n) is 4.30. The van der Waals surface area contributed by atoms with Crippen molar-refractivity contribution in [2.45, 2.75) is 25.2 Å². The Morgan fingerprint density at radius 2 is 2.31 bits per heavy atom. The number of aromatic nitrogens is 2. The molecular formula is C9H12N2O2. The molecule has 0 saturated heterocycles. The number of carbonyl (C=O) groups is 1. The van der Waals surface area contributed by atoms with Crippen LogP contribution in [0.15, 0.2) is 6.20 Å². The van der Waals surface area contributed by atoms with E-state index in [0.29, 0.717) is 5.56 Å². The third-order valence-corrected chi connectivity index (χ3v) is 2.63. The molecular weight excluding hydrogens is 168 g/mol. The van der Waals surface area contributed by atoms with Crippen LogP contribution in [0.5, 0.6) is 0 Å². The average molecular weight is 180 g/mol. The Bertz CT molecular complexity index is 364. The van der Waals surface area contributed by atoms with Crippen molar-refractivity contribution in [1.29, 1.82) is 0 Å². The Labute approximate surface area is 76.2 Å². The van der Waals surface area contributed by atoms with Crippen LogP contribution in [-0.2, 0) is 12.5 Å². The molecule has 4 heteroatoms. The van der Waals surface area contributed by atoms with E-state index in [4.69, 9.17) is 5.11 Å². The molecule has 1 aromatic heterocycles. The molecule has 0 amide bonds. The van der Waals surface area contributed by atoms with Crippen molar-refractivity contribution in [1.82, 2.24) is 9.78 Å². The molecule has 0 aromatic carbocycles. The predicted molar refractivity (Wildman–Crippen MR) is 46.8 cm³/mol. The second kappa shape index (κ2) is 2.34. The molecule has 1 N–H and O–H groups in total. The van der Waals surface area contributed by atoms with E-state index in [1.165, 1.54) is 0 Å². The van der Waals surface area contributed by atoms with Crippen molar-refractivity contribution in [3.8, 4) is 0 Å². The van der Waals surface area contributed by atoms with Crippen LogP contribution >= 0.6 is 0 Å². The van der Waals surface area contributed by atoms with Crippen molar-refractivity contribution >= 4 is 5.97 Å². The molecule has 1 saturated carbocycles. The van der Waals surface area contributed by atoms with Gasteiger partial charge in [-0.1, -0.05) is 6.92 Å². The average Bonchev–Trinajstić information content (AvgIpc) is 2.62. The molecule has 0 radical (unpaired) electrons. The predicted octanol–water partition coefficient (Wildman–Crippen LogP) is 1.17. The van der Waals surface area contributed by atoms with Gasteiger partial charge in [0.15, 0.2) is 0 Å². The molecule has 0 unspecified atom stereocenters. The fourth-order valence-electron chi connectivity index (χ4n) is 1.52. The molecule has 13 heavy (non-hydrogen) atoms. The zero-order valence-electron chi connectivity index (χ0n) is 7.74. The normalized spacial score (nSPS) is 18.6. The van der Waals surface area contributed by atoms with E-state index in [1.807, 2.05) is 0 Å². The summed E-state index contributed by atoms with van der Waals surface area (Å²) in [5.41, 5.74) is 1.11. The summed E-state index contributed by atoms with van der Waals surface area (Å²) >= 11 is 0. The van der Waals surface area contributed by atoms with E-state index in [0.717, 1.165) is 18.5 Å². The van der Waals surface area contributed by atoms with Crippen molar-refractivity contribution < 1.29 is 9.90 Å². The van der Waals surface area contributed by atoms with Crippen LogP contribution in [0, 0.1) is 0 Å². The first-order valence-corrected chi connectivity index (χ1v) is 4.30. The second-order valence-corrected chi connectivity index (χ2v) is 3.93. The van der Waals surface area contributed by atoms with Crippen LogP contribution in [0.3, 0.4) is 0 Å². The van der Waals surface area contributed by atoms with Crippen LogP contribution in [0.4, 0.5) is 0 Å². The summed E-state index contributed by atoms with van der Waals surface area (Å²) in [6.07, 6.45) is 3.66. The van der Waals surface area contributed by atoms with Gasteiger partial charge in [0, 0.05) is 18.7 Å². The summed E-state index contributed by atoms with van der Waals surface area (Å²) in [6, 6.07) is 0. The van der Waals surface area contributed by atoms with Crippen LogP contribution in [-0.4, -0.2) is 20.9 Å². The van der Waals surface area contributed by atoms with E-state index in [1.54, 1.807) is 17.9 Å². The number of hydrogen-bond acceptors (Lipinski definition) is 2. The Balaban J connectivity index is 2.49. The lowest BCUT2D eigenvalue weighted by Gasteiger charge is -2.04. The van der Waals surface area contributed by atoms with Gasteiger partial charge in [-0.2, -0.15) is 5.10 Å². The minimum atomic E-state index is -0.878. The summed E-state index contributed by atoms with van der Waals surface area (Å²) < 4.78 is 1.57. The zero-order chi connectivity index (χ0) is 9.64. The van der Waals surface area contributed by atoms with Crippen molar-refractivity contribution in [3.63, 3.8) is 0 Å². The highest BCUT2D eigenvalue weighted by atomic mass is 16.4. The highest BCUT2D eigenvalue weighted by molar-refractivity contribution is 5.89. The van der Waals surface area contributed by atoms with Crippen LogP contribution in [0.1, 0.15) is 35.8 Å². The third kappa shape index (κ3) is 1.22. The van der Waals surface area contributed by atoms with Crippen molar-refractivity contribution in [2.75, 3.05) is 0 Å². The van der Waals surface area contributed by atoms with Gasteiger partial charge in [-0.25, -0.2) is 4.79 Å². The molecule has 0 bridgehead atoms. The largest absolute Gasteiger partial charge is 0.478 e. The highest BCUT2D eigenvalue weighted by Crippen LogP contribution is 2.47.